The Hall–Kier alpha value is -2.43. The number of hydrogen-bond donors (Lipinski definition) is 0. The Morgan fingerprint density at radius 1 is 1.22 bits per heavy atom. The molecule has 2 aromatic heterocycles. The minimum atomic E-state index is -0.493. The quantitative estimate of drug-likeness (QED) is 0.720. The fourth-order valence-electron chi connectivity index (χ4n) is 2.98. The molecule has 1 saturated heterocycles. The number of aromatic nitrogens is 1. The number of carbonyl (C=O) groups excluding carboxylic acids is 1. The number of carbonyl (C=O) groups is 1. The number of hydrogen-bond acceptors (Lipinski definition) is 5. The second-order valence-corrected chi connectivity index (χ2v) is 7.14. The maximum Gasteiger partial charge on any atom is 0.308 e. The van der Waals surface area contributed by atoms with Crippen LogP contribution in [0.2, 0.25) is 0 Å². The normalized spacial score (nSPS) is 17.8. The number of benzene rings is 1. The van der Waals surface area contributed by atoms with Gasteiger partial charge in [0, 0.05) is 6.54 Å². The van der Waals surface area contributed by atoms with E-state index >= 15 is 0 Å². The van der Waals surface area contributed by atoms with E-state index in [2.05, 4.69) is 6.07 Å². The summed E-state index contributed by atoms with van der Waals surface area (Å²) in [6.45, 7) is 0.523. The number of thiazole rings is 1. The van der Waals surface area contributed by atoms with Crippen molar-refractivity contribution in [1.82, 2.24) is 4.57 Å². The van der Waals surface area contributed by atoms with Crippen molar-refractivity contribution in [2.24, 2.45) is 0 Å². The van der Waals surface area contributed by atoms with E-state index < -0.39 is 6.04 Å². The van der Waals surface area contributed by atoms with Crippen molar-refractivity contribution >= 4 is 43.8 Å². The van der Waals surface area contributed by atoms with Crippen LogP contribution >= 0.6 is 22.7 Å². The Bertz CT molecular complexity index is 1010. The number of rotatable bonds is 2. The third-order valence-electron chi connectivity index (χ3n) is 4.02. The summed E-state index contributed by atoms with van der Waals surface area (Å²) >= 11 is 2.54. The highest BCUT2D eigenvalue weighted by Gasteiger charge is 2.37. The van der Waals surface area contributed by atoms with Crippen molar-refractivity contribution in [3.05, 3.63) is 50.9 Å². The van der Waals surface area contributed by atoms with Crippen LogP contribution in [-0.4, -0.2) is 17.0 Å². The molecule has 5 nitrogen and oxygen atoms in total. The molecule has 3 heterocycles. The van der Waals surface area contributed by atoms with Gasteiger partial charge in [-0.05, 0) is 30.0 Å². The minimum absolute atomic E-state index is 0.113. The van der Waals surface area contributed by atoms with Crippen molar-refractivity contribution in [3.8, 4) is 6.07 Å². The number of anilines is 1. The highest BCUT2D eigenvalue weighted by atomic mass is 32.1. The Labute approximate surface area is 139 Å². The van der Waals surface area contributed by atoms with Gasteiger partial charge in [-0.15, -0.1) is 11.3 Å². The smallest absolute Gasteiger partial charge is 0.301 e. The third-order valence-corrected chi connectivity index (χ3v) is 5.89. The van der Waals surface area contributed by atoms with E-state index in [0.717, 1.165) is 21.6 Å². The molecule has 0 unspecified atom stereocenters. The molecule has 0 spiro atoms. The minimum Gasteiger partial charge on any atom is -0.301 e. The Balaban J connectivity index is 1.77. The van der Waals surface area contributed by atoms with Gasteiger partial charge in [0.05, 0.1) is 15.8 Å². The lowest BCUT2D eigenvalue weighted by molar-refractivity contribution is -0.119. The predicted octanol–water partition coefficient (Wildman–Crippen LogP) is 2.97. The highest BCUT2D eigenvalue weighted by molar-refractivity contribution is 7.16. The summed E-state index contributed by atoms with van der Waals surface area (Å²) in [5.41, 5.74) is 1.31. The topological polar surface area (TPSA) is 66.1 Å². The van der Waals surface area contributed by atoms with Gasteiger partial charge in [-0.2, -0.15) is 5.26 Å². The fourth-order valence-corrected chi connectivity index (χ4v) is 4.79. The van der Waals surface area contributed by atoms with Gasteiger partial charge in [-0.25, -0.2) is 0 Å². The molecule has 0 radical (unpaired) electrons. The zero-order chi connectivity index (χ0) is 16.0. The summed E-state index contributed by atoms with van der Waals surface area (Å²) in [5, 5.41) is 11.6. The largest absolute Gasteiger partial charge is 0.308 e. The number of para-hydroxylation sites is 1. The molecular weight excluding hydrogens is 330 g/mol. The Morgan fingerprint density at radius 3 is 2.87 bits per heavy atom. The molecule has 1 aliphatic rings. The van der Waals surface area contributed by atoms with E-state index in [1.165, 1.54) is 11.3 Å². The zero-order valence-corrected chi connectivity index (χ0v) is 13.6. The van der Waals surface area contributed by atoms with Gasteiger partial charge in [0.25, 0.3) is 5.91 Å². The Morgan fingerprint density at radius 2 is 2.04 bits per heavy atom. The Kier molecular flexibility index (Phi) is 3.29. The molecule has 7 heteroatoms. The van der Waals surface area contributed by atoms with Gasteiger partial charge in [0.1, 0.15) is 17.1 Å². The molecule has 1 aromatic carbocycles. The maximum absolute atomic E-state index is 12.8. The summed E-state index contributed by atoms with van der Waals surface area (Å²) in [6.07, 6.45) is 0.572. The molecule has 1 aliphatic heterocycles. The first-order chi connectivity index (χ1) is 11.2. The number of nitrogens with zero attached hydrogens (tertiary/aromatic N) is 3. The molecule has 4 rings (SSSR count). The van der Waals surface area contributed by atoms with E-state index in [1.54, 1.807) is 20.9 Å². The average molecular weight is 341 g/mol. The summed E-state index contributed by atoms with van der Waals surface area (Å²) in [4.78, 5) is 26.7. The summed E-state index contributed by atoms with van der Waals surface area (Å²) in [7, 11) is 0. The van der Waals surface area contributed by atoms with Crippen molar-refractivity contribution in [3.63, 3.8) is 0 Å². The molecule has 1 amide bonds. The van der Waals surface area contributed by atoms with E-state index in [0.29, 0.717) is 23.5 Å². The van der Waals surface area contributed by atoms with Crippen LogP contribution in [0.3, 0.4) is 0 Å². The fraction of sp³-hybridized carbons (Fsp3) is 0.188. The first-order valence-electron chi connectivity index (χ1n) is 7.10. The second kappa shape index (κ2) is 5.33. The molecule has 114 valence electrons. The summed E-state index contributed by atoms with van der Waals surface area (Å²) in [6, 6.07) is 10.9. The van der Waals surface area contributed by atoms with Crippen molar-refractivity contribution in [2.75, 3.05) is 11.4 Å². The number of thiophene rings is 1. The van der Waals surface area contributed by atoms with Crippen LogP contribution in [0.1, 0.15) is 18.0 Å². The second-order valence-electron chi connectivity index (χ2n) is 5.25. The van der Waals surface area contributed by atoms with Crippen LogP contribution in [0.5, 0.6) is 0 Å². The number of fused-ring (bicyclic) bond motifs is 1. The lowest BCUT2D eigenvalue weighted by atomic mass is 10.2. The van der Waals surface area contributed by atoms with E-state index in [4.69, 9.17) is 5.26 Å². The molecule has 0 saturated carbocycles. The van der Waals surface area contributed by atoms with Crippen molar-refractivity contribution < 1.29 is 4.79 Å². The molecule has 0 bridgehead atoms. The summed E-state index contributed by atoms with van der Waals surface area (Å²) < 4.78 is 2.49. The molecule has 1 fully saturated rings. The molecule has 23 heavy (non-hydrogen) atoms. The lowest BCUT2D eigenvalue weighted by Gasteiger charge is -2.15. The highest BCUT2D eigenvalue weighted by Crippen LogP contribution is 2.35. The predicted molar refractivity (Wildman–Crippen MR) is 91.1 cm³/mol. The standard InChI is InChI=1S/C16H11N3O2S2/c17-9-10-6-8-22-15(10)18-7-5-12(14(18)20)19-11-3-1-2-4-13(11)23-16(19)21/h1-4,6,8,12H,5,7H2/t12-/m0/s1. The van der Waals surface area contributed by atoms with Crippen molar-refractivity contribution in [1.29, 1.82) is 5.26 Å². The third kappa shape index (κ3) is 2.11. The van der Waals surface area contributed by atoms with Gasteiger partial charge in [-0.1, -0.05) is 23.5 Å². The number of amides is 1. The van der Waals surface area contributed by atoms with Gasteiger partial charge < -0.3 is 4.90 Å². The molecule has 0 N–H and O–H groups in total. The molecular formula is C16H11N3O2S2. The van der Waals surface area contributed by atoms with Crippen LogP contribution in [0.4, 0.5) is 5.00 Å². The SMILES string of the molecule is N#Cc1ccsc1N1CC[C@H](n2c(=O)sc3ccccc32)C1=O. The van der Waals surface area contributed by atoms with Crippen LogP contribution in [0.25, 0.3) is 10.2 Å². The van der Waals surface area contributed by atoms with Crippen LogP contribution in [0.15, 0.2) is 40.5 Å². The van der Waals surface area contributed by atoms with Crippen LogP contribution in [-0.2, 0) is 4.79 Å². The first kappa shape index (κ1) is 14.2. The van der Waals surface area contributed by atoms with E-state index in [9.17, 15) is 9.59 Å². The first-order valence-corrected chi connectivity index (χ1v) is 8.79. The van der Waals surface area contributed by atoms with Crippen LogP contribution in [0, 0.1) is 11.3 Å². The molecule has 1 atom stereocenters. The number of nitriles is 1. The lowest BCUT2D eigenvalue weighted by Crippen LogP contribution is -2.30. The van der Waals surface area contributed by atoms with E-state index in [-0.39, 0.29) is 10.8 Å². The van der Waals surface area contributed by atoms with Gasteiger partial charge >= 0.3 is 4.87 Å². The molecule has 3 aromatic rings. The summed E-state index contributed by atoms with van der Waals surface area (Å²) in [5.74, 6) is -0.116. The maximum atomic E-state index is 12.8. The molecule has 0 aliphatic carbocycles. The van der Waals surface area contributed by atoms with Gasteiger partial charge in [0.15, 0.2) is 0 Å². The van der Waals surface area contributed by atoms with Gasteiger partial charge in [-0.3, -0.25) is 14.2 Å². The van der Waals surface area contributed by atoms with Crippen LogP contribution < -0.4 is 9.77 Å². The monoisotopic (exact) mass is 341 g/mol. The van der Waals surface area contributed by atoms with Crippen molar-refractivity contribution in [2.45, 2.75) is 12.5 Å². The van der Waals surface area contributed by atoms with E-state index in [1.807, 2.05) is 24.3 Å². The van der Waals surface area contributed by atoms with Gasteiger partial charge in [0.2, 0.25) is 0 Å². The average Bonchev–Trinajstić information content (AvgIpc) is 3.23. The zero-order valence-electron chi connectivity index (χ0n) is 11.9.